The molecule has 0 aliphatic heterocycles. The number of nitrogens with zero attached hydrogens (tertiary/aromatic N) is 2. The van der Waals surface area contributed by atoms with E-state index in [-0.39, 0.29) is 5.92 Å². The number of aromatic nitrogens is 2. The van der Waals surface area contributed by atoms with Gasteiger partial charge < -0.3 is 4.74 Å². The Bertz CT molecular complexity index is 643. The molecule has 0 spiro atoms. The first-order valence-corrected chi connectivity index (χ1v) is 7.25. The van der Waals surface area contributed by atoms with Crippen molar-refractivity contribution in [3.63, 3.8) is 0 Å². The average molecular weight is 330 g/mol. The molecule has 1 atom stereocenters. The second-order valence-corrected chi connectivity index (χ2v) is 6.74. The highest BCUT2D eigenvalue weighted by molar-refractivity contribution is 6.51. The van der Waals surface area contributed by atoms with Crippen LogP contribution in [0.4, 0.5) is 0 Å². The lowest BCUT2D eigenvalue weighted by Crippen LogP contribution is -1.98. The fraction of sp³-hybridized carbons (Fsp3) is 0.286. The maximum absolute atomic E-state index is 6.15. The van der Waals surface area contributed by atoms with E-state index < -0.39 is 4.33 Å². The van der Waals surface area contributed by atoms with Crippen molar-refractivity contribution in [1.29, 1.82) is 0 Å². The smallest absolute Gasteiger partial charge is 0.238 e. The molecule has 3 rings (SSSR count). The Labute approximate surface area is 131 Å². The summed E-state index contributed by atoms with van der Waals surface area (Å²) >= 11 is 18.0. The van der Waals surface area contributed by atoms with Crippen LogP contribution < -0.4 is 4.74 Å². The van der Waals surface area contributed by atoms with Crippen LogP contribution in [0.5, 0.6) is 11.6 Å². The number of hydrogen-bond donors (Lipinski definition) is 0. The number of aryl methyl sites for hydroxylation is 1. The molecular formula is C14H11Cl3N2O. The van der Waals surface area contributed by atoms with Gasteiger partial charge in [0.05, 0.1) is 0 Å². The lowest BCUT2D eigenvalue weighted by molar-refractivity contribution is 0.446. The van der Waals surface area contributed by atoms with Crippen molar-refractivity contribution < 1.29 is 4.74 Å². The van der Waals surface area contributed by atoms with Gasteiger partial charge in [-0.25, -0.2) is 0 Å². The Morgan fingerprint density at radius 2 is 1.95 bits per heavy atom. The maximum Gasteiger partial charge on any atom is 0.238 e. The molecule has 3 nitrogen and oxygen atoms in total. The normalized spacial score (nSPS) is 19.7. The van der Waals surface area contributed by atoms with E-state index in [0.29, 0.717) is 11.0 Å². The van der Waals surface area contributed by atoms with Crippen LogP contribution in [0.2, 0.25) is 5.15 Å². The minimum Gasteiger partial charge on any atom is -0.437 e. The largest absolute Gasteiger partial charge is 0.437 e. The molecule has 0 bridgehead atoms. The molecule has 1 saturated carbocycles. The van der Waals surface area contributed by atoms with E-state index >= 15 is 0 Å². The molecule has 1 heterocycles. The first kappa shape index (κ1) is 13.9. The summed E-state index contributed by atoms with van der Waals surface area (Å²) in [5.74, 6) is 1.21. The predicted molar refractivity (Wildman–Crippen MR) is 80.1 cm³/mol. The number of para-hydroxylation sites is 1. The summed E-state index contributed by atoms with van der Waals surface area (Å²) in [4.78, 5) is 0. The van der Waals surface area contributed by atoms with Gasteiger partial charge in [0.2, 0.25) is 5.88 Å². The molecule has 1 aromatic carbocycles. The van der Waals surface area contributed by atoms with Gasteiger partial charge in [0.1, 0.15) is 10.1 Å². The number of alkyl halides is 2. The summed E-state index contributed by atoms with van der Waals surface area (Å²) in [7, 11) is 0. The molecule has 0 radical (unpaired) electrons. The minimum atomic E-state index is -0.697. The number of hydrogen-bond acceptors (Lipinski definition) is 3. The first-order chi connectivity index (χ1) is 9.47. The quantitative estimate of drug-likeness (QED) is 0.752. The number of ether oxygens (including phenoxy) is 1. The minimum absolute atomic E-state index is 0.0843. The highest BCUT2D eigenvalue weighted by Gasteiger charge is 2.53. The van der Waals surface area contributed by atoms with E-state index in [1.807, 2.05) is 25.1 Å². The topological polar surface area (TPSA) is 35.0 Å². The Kier molecular flexibility index (Phi) is 3.53. The monoisotopic (exact) mass is 328 g/mol. The molecule has 1 unspecified atom stereocenters. The zero-order valence-corrected chi connectivity index (χ0v) is 12.9. The molecule has 1 aliphatic rings. The van der Waals surface area contributed by atoms with Gasteiger partial charge in [-0.3, -0.25) is 0 Å². The molecule has 20 heavy (non-hydrogen) atoms. The van der Waals surface area contributed by atoms with Crippen molar-refractivity contribution in [3.05, 3.63) is 46.6 Å². The average Bonchev–Trinajstić information content (AvgIpc) is 3.03. The van der Waals surface area contributed by atoms with Crippen molar-refractivity contribution in [1.82, 2.24) is 10.2 Å². The van der Waals surface area contributed by atoms with Crippen LogP contribution in [0, 0.1) is 6.92 Å². The summed E-state index contributed by atoms with van der Waals surface area (Å²) < 4.78 is 5.14. The highest BCUT2D eigenvalue weighted by atomic mass is 35.5. The summed E-state index contributed by atoms with van der Waals surface area (Å²) in [5, 5.41) is 7.99. The van der Waals surface area contributed by atoms with Crippen molar-refractivity contribution in [3.8, 4) is 11.6 Å². The molecule has 6 heteroatoms. The summed E-state index contributed by atoms with van der Waals surface area (Å²) in [6.07, 6.45) is 0.724. The van der Waals surface area contributed by atoms with E-state index in [1.54, 1.807) is 12.1 Å². The van der Waals surface area contributed by atoms with Crippen LogP contribution in [-0.2, 0) is 0 Å². The summed E-state index contributed by atoms with van der Waals surface area (Å²) in [6.45, 7) is 1.97. The molecule has 1 aliphatic carbocycles. The molecular weight excluding hydrogens is 319 g/mol. The number of rotatable bonds is 3. The fourth-order valence-electron chi connectivity index (χ4n) is 2.10. The van der Waals surface area contributed by atoms with Gasteiger partial charge >= 0.3 is 0 Å². The second-order valence-electron chi connectivity index (χ2n) is 4.81. The van der Waals surface area contributed by atoms with Gasteiger partial charge in [0, 0.05) is 17.5 Å². The van der Waals surface area contributed by atoms with Gasteiger partial charge in [-0.15, -0.1) is 33.4 Å². The van der Waals surface area contributed by atoms with Crippen LogP contribution in [0.1, 0.15) is 23.5 Å². The Hall–Kier alpha value is -1.03. The second kappa shape index (κ2) is 5.06. The van der Waals surface area contributed by atoms with Gasteiger partial charge in [0.25, 0.3) is 0 Å². The third-order valence-corrected chi connectivity index (χ3v) is 4.29. The maximum atomic E-state index is 6.15. The van der Waals surface area contributed by atoms with E-state index in [2.05, 4.69) is 10.2 Å². The molecule has 104 valence electrons. The van der Waals surface area contributed by atoms with E-state index in [9.17, 15) is 0 Å². The van der Waals surface area contributed by atoms with Gasteiger partial charge in [-0.1, -0.05) is 29.8 Å². The van der Waals surface area contributed by atoms with E-state index in [1.165, 1.54) is 0 Å². The third kappa shape index (κ3) is 2.71. The molecule has 2 aromatic rings. The highest BCUT2D eigenvalue weighted by Crippen LogP contribution is 2.61. The first-order valence-electron chi connectivity index (χ1n) is 6.12. The van der Waals surface area contributed by atoms with Gasteiger partial charge in [0.15, 0.2) is 5.15 Å². The van der Waals surface area contributed by atoms with Crippen LogP contribution in [-0.4, -0.2) is 14.5 Å². The zero-order chi connectivity index (χ0) is 14.3. The van der Waals surface area contributed by atoms with Crippen LogP contribution in [0.25, 0.3) is 0 Å². The van der Waals surface area contributed by atoms with Crippen molar-refractivity contribution in [2.75, 3.05) is 0 Å². The van der Waals surface area contributed by atoms with Crippen LogP contribution in [0.15, 0.2) is 30.3 Å². The molecule has 0 saturated heterocycles. The molecule has 1 fully saturated rings. The Balaban J connectivity index is 1.94. The standard InChI is InChI=1S/C14H11Cl3N2O/c1-8-3-2-4-9(10-7-14(10,16)17)13(8)20-12-6-5-11(15)18-19-12/h2-6,10H,7H2,1H3. The summed E-state index contributed by atoms with van der Waals surface area (Å²) in [5.41, 5.74) is 1.99. The van der Waals surface area contributed by atoms with Gasteiger partial charge in [-0.2, -0.15) is 0 Å². The Morgan fingerprint density at radius 1 is 1.20 bits per heavy atom. The van der Waals surface area contributed by atoms with Crippen LogP contribution >= 0.6 is 34.8 Å². The number of halogens is 3. The molecule has 0 amide bonds. The third-order valence-electron chi connectivity index (χ3n) is 3.26. The molecule has 0 N–H and O–H groups in total. The van der Waals surface area contributed by atoms with Crippen molar-refractivity contribution >= 4 is 34.8 Å². The summed E-state index contributed by atoms with van der Waals surface area (Å²) in [6, 6.07) is 9.21. The van der Waals surface area contributed by atoms with E-state index in [0.717, 1.165) is 23.3 Å². The zero-order valence-electron chi connectivity index (χ0n) is 10.6. The lowest BCUT2D eigenvalue weighted by Gasteiger charge is -2.13. The fourth-order valence-corrected chi connectivity index (χ4v) is 2.75. The number of benzene rings is 1. The van der Waals surface area contributed by atoms with Crippen LogP contribution in [0.3, 0.4) is 0 Å². The molecule has 1 aromatic heterocycles. The van der Waals surface area contributed by atoms with Crippen molar-refractivity contribution in [2.24, 2.45) is 0 Å². The predicted octanol–water partition coefficient (Wildman–Crippen LogP) is 4.89. The van der Waals surface area contributed by atoms with E-state index in [4.69, 9.17) is 39.5 Å². The van der Waals surface area contributed by atoms with Gasteiger partial charge in [-0.05, 0) is 25.0 Å². The van der Waals surface area contributed by atoms with Crippen molar-refractivity contribution in [2.45, 2.75) is 23.6 Å². The SMILES string of the molecule is Cc1cccc(C2CC2(Cl)Cl)c1Oc1ccc(Cl)nn1. The Morgan fingerprint density at radius 3 is 2.55 bits per heavy atom. The lowest BCUT2D eigenvalue weighted by atomic mass is 10.1.